The second-order valence-corrected chi connectivity index (χ2v) is 5.09. The molecule has 20 heavy (non-hydrogen) atoms. The Morgan fingerprint density at radius 3 is 2.50 bits per heavy atom. The summed E-state index contributed by atoms with van der Waals surface area (Å²) in [4.78, 5) is 25.8. The SMILES string of the molecule is CNC(=O)C1CCCN(C(=O)c2cc(N)cc(N)c2)C1. The predicted octanol–water partition coefficient (Wildman–Crippen LogP) is 0.449. The van der Waals surface area contributed by atoms with Crippen LogP contribution in [0.4, 0.5) is 11.4 Å². The van der Waals surface area contributed by atoms with E-state index in [0.717, 1.165) is 12.8 Å². The van der Waals surface area contributed by atoms with Crippen molar-refractivity contribution >= 4 is 23.2 Å². The monoisotopic (exact) mass is 276 g/mol. The Labute approximate surface area is 118 Å². The molecule has 6 nitrogen and oxygen atoms in total. The van der Waals surface area contributed by atoms with Crippen molar-refractivity contribution in [1.82, 2.24) is 10.2 Å². The van der Waals surface area contributed by atoms with Crippen molar-refractivity contribution in [3.05, 3.63) is 23.8 Å². The number of hydrogen-bond acceptors (Lipinski definition) is 4. The average molecular weight is 276 g/mol. The van der Waals surface area contributed by atoms with E-state index in [-0.39, 0.29) is 17.7 Å². The fraction of sp³-hybridized carbons (Fsp3) is 0.429. The number of hydrogen-bond donors (Lipinski definition) is 3. The van der Waals surface area contributed by atoms with Crippen LogP contribution in [-0.4, -0.2) is 36.9 Å². The Morgan fingerprint density at radius 1 is 1.25 bits per heavy atom. The van der Waals surface area contributed by atoms with Crippen LogP contribution in [0.1, 0.15) is 23.2 Å². The third kappa shape index (κ3) is 3.01. The van der Waals surface area contributed by atoms with Crippen molar-refractivity contribution < 1.29 is 9.59 Å². The number of benzene rings is 1. The van der Waals surface area contributed by atoms with Crippen LogP contribution in [0, 0.1) is 5.92 Å². The number of amides is 2. The molecule has 0 aliphatic carbocycles. The van der Waals surface area contributed by atoms with Crippen molar-refractivity contribution in [2.45, 2.75) is 12.8 Å². The van der Waals surface area contributed by atoms with Crippen LogP contribution in [0.15, 0.2) is 18.2 Å². The summed E-state index contributed by atoms with van der Waals surface area (Å²) in [7, 11) is 1.61. The summed E-state index contributed by atoms with van der Waals surface area (Å²) in [6, 6.07) is 4.84. The molecule has 0 spiro atoms. The van der Waals surface area contributed by atoms with E-state index in [1.807, 2.05) is 0 Å². The lowest BCUT2D eigenvalue weighted by Gasteiger charge is -2.32. The van der Waals surface area contributed by atoms with Gasteiger partial charge < -0.3 is 21.7 Å². The van der Waals surface area contributed by atoms with Gasteiger partial charge in [0.2, 0.25) is 5.91 Å². The van der Waals surface area contributed by atoms with E-state index in [2.05, 4.69) is 5.32 Å². The molecule has 1 saturated heterocycles. The molecule has 1 fully saturated rings. The van der Waals surface area contributed by atoms with Crippen LogP contribution < -0.4 is 16.8 Å². The summed E-state index contributed by atoms with van der Waals surface area (Å²) in [5, 5.41) is 2.64. The van der Waals surface area contributed by atoms with Gasteiger partial charge in [-0.2, -0.15) is 0 Å². The van der Waals surface area contributed by atoms with Crippen LogP contribution in [0.2, 0.25) is 0 Å². The first-order valence-electron chi connectivity index (χ1n) is 6.68. The maximum Gasteiger partial charge on any atom is 0.254 e. The smallest absolute Gasteiger partial charge is 0.254 e. The van der Waals surface area contributed by atoms with E-state index in [9.17, 15) is 9.59 Å². The topological polar surface area (TPSA) is 101 Å². The van der Waals surface area contributed by atoms with E-state index in [1.165, 1.54) is 0 Å². The second-order valence-electron chi connectivity index (χ2n) is 5.09. The summed E-state index contributed by atoms with van der Waals surface area (Å²) < 4.78 is 0. The van der Waals surface area contributed by atoms with Gasteiger partial charge in [-0.05, 0) is 31.0 Å². The fourth-order valence-electron chi connectivity index (χ4n) is 2.56. The Bertz CT molecular complexity index is 510. The number of nitrogens with two attached hydrogens (primary N) is 2. The molecule has 1 aromatic rings. The standard InChI is InChI=1S/C14H20N4O2/c1-17-13(19)9-3-2-4-18(8-9)14(20)10-5-11(15)7-12(16)6-10/h5-7,9H,2-4,8,15-16H2,1H3,(H,17,19). The summed E-state index contributed by atoms with van der Waals surface area (Å²) in [6.07, 6.45) is 1.63. The van der Waals surface area contributed by atoms with Gasteiger partial charge in [-0.15, -0.1) is 0 Å². The minimum Gasteiger partial charge on any atom is -0.399 e. The molecule has 0 saturated carbocycles. The lowest BCUT2D eigenvalue weighted by atomic mass is 9.96. The van der Waals surface area contributed by atoms with Gasteiger partial charge in [-0.1, -0.05) is 0 Å². The van der Waals surface area contributed by atoms with Gasteiger partial charge in [0.05, 0.1) is 5.92 Å². The van der Waals surface area contributed by atoms with Crippen LogP contribution in [0.5, 0.6) is 0 Å². The zero-order valence-corrected chi connectivity index (χ0v) is 11.6. The van der Waals surface area contributed by atoms with Gasteiger partial charge in [0.15, 0.2) is 0 Å². The first kappa shape index (κ1) is 14.2. The first-order chi connectivity index (χ1) is 9.51. The van der Waals surface area contributed by atoms with Gasteiger partial charge in [0, 0.05) is 37.1 Å². The molecule has 1 atom stereocenters. The lowest BCUT2D eigenvalue weighted by molar-refractivity contribution is -0.125. The zero-order chi connectivity index (χ0) is 14.7. The molecule has 0 bridgehead atoms. The number of carbonyl (C=O) groups is 2. The molecule has 6 heteroatoms. The summed E-state index contributed by atoms with van der Waals surface area (Å²) in [5.74, 6) is -0.289. The number of anilines is 2. The molecule has 1 aliphatic rings. The second kappa shape index (κ2) is 5.81. The highest BCUT2D eigenvalue weighted by molar-refractivity contribution is 5.96. The van der Waals surface area contributed by atoms with E-state index >= 15 is 0 Å². The van der Waals surface area contributed by atoms with E-state index in [4.69, 9.17) is 11.5 Å². The van der Waals surface area contributed by atoms with Gasteiger partial charge in [0.25, 0.3) is 5.91 Å². The Morgan fingerprint density at radius 2 is 1.90 bits per heavy atom. The maximum atomic E-state index is 12.4. The quantitative estimate of drug-likeness (QED) is 0.682. The molecule has 108 valence electrons. The highest BCUT2D eigenvalue weighted by Gasteiger charge is 2.28. The molecule has 2 amide bonds. The van der Waals surface area contributed by atoms with Crippen LogP contribution >= 0.6 is 0 Å². The number of carbonyl (C=O) groups excluding carboxylic acids is 2. The molecule has 0 radical (unpaired) electrons. The zero-order valence-electron chi connectivity index (χ0n) is 11.6. The van der Waals surface area contributed by atoms with Crippen molar-refractivity contribution in [2.75, 3.05) is 31.6 Å². The third-order valence-corrected chi connectivity index (χ3v) is 3.55. The molecular formula is C14H20N4O2. The van der Waals surface area contributed by atoms with E-state index < -0.39 is 0 Å². The number of rotatable bonds is 2. The Hall–Kier alpha value is -2.24. The maximum absolute atomic E-state index is 12.4. The number of nitrogen functional groups attached to an aromatic ring is 2. The molecule has 1 aliphatic heterocycles. The molecular weight excluding hydrogens is 256 g/mol. The summed E-state index contributed by atoms with van der Waals surface area (Å²) in [6.45, 7) is 1.09. The highest BCUT2D eigenvalue weighted by Crippen LogP contribution is 2.21. The van der Waals surface area contributed by atoms with E-state index in [0.29, 0.717) is 30.0 Å². The Kier molecular flexibility index (Phi) is 4.12. The van der Waals surface area contributed by atoms with Crippen LogP contribution in [0.3, 0.4) is 0 Å². The molecule has 1 heterocycles. The molecule has 1 aromatic carbocycles. The van der Waals surface area contributed by atoms with Crippen molar-refractivity contribution in [1.29, 1.82) is 0 Å². The average Bonchev–Trinajstić information content (AvgIpc) is 2.44. The molecule has 1 unspecified atom stereocenters. The predicted molar refractivity (Wildman–Crippen MR) is 78.0 cm³/mol. The van der Waals surface area contributed by atoms with Crippen molar-refractivity contribution in [3.63, 3.8) is 0 Å². The number of nitrogens with one attached hydrogen (secondary N) is 1. The van der Waals surface area contributed by atoms with Crippen LogP contribution in [-0.2, 0) is 4.79 Å². The van der Waals surface area contributed by atoms with Crippen molar-refractivity contribution in [3.8, 4) is 0 Å². The number of nitrogens with zero attached hydrogens (tertiary/aromatic N) is 1. The largest absolute Gasteiger partial charge is 0.399 e. The third-order valence-electron chi connectivity index (χ3n) is 3.55. The van der Waals surface area contributed by atoms with Gasteiger partial charge >= 0.3 is 0 Å². The van der Waals surface area contributed by atoms with Crippen molar-refractivity contribution in [2.24, 2.45) is 5.92 Å². The molecule has 0 aromatic heterocycles. The lowest BCUT2D eigenvalue weighted by Crippen LogP contribution is -2.44. The fourth-order valence-corrected chi connectivity index (χ4v) is 2.56. The van der Waals surface area contributed by atoms with Gasteiger partial charge in [-0.25, -0.2) is 0 Å². The normalized spacial score (nSPS) is 18.6. The number of likely N-dealkylation sites (tertiary alicyclic amines) is 1. The summed E-state index contributed by atoms with van der Waals surface area (Å²) >= 11 is 0. The minimum absolute atomic E-state index is 0.0189. The van der Waals surface area contributed by atoms with Gasteiger partial charge in [0.1, 0.15) is 0 Å². The minimum atomic E-state index is -0.142. The first-order valence-corrected chi connectivity index (χ1v) is 6.68. The molecule has 2 rings (SSSR count). The number of piperidine rings is 1. The van der Waals surface area contributed by atoms with E-state index in [1.54, 1.807) is 30.1 Å². The highest BCUT2D eigenvalue weighted by atomic mass is 16.2. The summed E-state index contributed by atoms with van der Waals surface area (Å²) in [5.41, 5.74) is 12.8. The van der Waals surface area contributed by atoms with Gasteiger partial charge in [-0.3, -0.25) is 9.59 Å². The Balaban J connectivity index is 2.14. The van der Waals surface area contributed by atoms with Crippen LogP contribution in [0.25, 0.3) is 0 Å². The molecule has 5 N–H and O–H groups in total.